The number of nitriles is 1. The number of carbonyl (C=O) groups excluding carboxylic acids is 2. The Morgan fingerprint density at radius 1 is 1.67 bits per heavy atom. The summed E-state index contributed by atoms with van der Waals surface area (Å²) in [6.07, 6.45) is 1.53. The minimum Gasteiger partial charge on any atom is -0.369 e. The van der Waals surface area contributed by atoms with E-state index in [9.17, 15) is 9.59 Å². The summed E-state index contributed by atoms with van der Waals surface area (Å²) in [5.74, 6) is -0.617. The summed E-state index contributed by atoms with van der Waals surface area (Å²) in [7, 11) is 0. The van der Waals surface area contributed by atoms with E-state index in [1.165, 1.54) is 11.1 Å². The molecular formula is C12H12N4O2. The summed E-state index contributed by atoms with van der Waals surface area (Å²) in [5.41, 5.74) is 6.37. The van der Waals surface area contributed by atoms with Crippen LogP contribution in [0.5, 0.6) is 0 Å². The molecule has 2 rings (SSSR count). The Kier molecular flexibility index (Phi) is 2.98. The Bertz CT molecular complexity index is 562. The number of primary amides is 1. The first-order valence-electron chi connectivity index (χ1n) is 5.49. The lowest BCUT2D eigenvalue weighted by molar-refractivity contribution is -0.123. The number of carbonyl (C=O) groups is 2. The number of rotatable bonds is 2. The molecule has 92 valence electrons. The molecule has 6 heteroatoms. The van der Waals surface area contributed by atoms with Crippen LogP contribution in [0.3, 0.4) is 0 Å². The molecule has 0 bridgehead atoms. The van der Waals surface area contributed by atoms with E-state index >= 15 is 0 Å². The lowest BCUT2D eigenvalue weighted by atomic mass is 10.1. The van der Waals surface area contributed by atoms with Gasteiger partial charge in [0.05, 0.1) is 11.5 Å². The van der Waals surface area contributed by atoms with Crippen molar-refractivity contribution in [3.05, 3.63) is 23.4 Å². The van der Waals surface area contributed by atoms with Crippen molar-refractivity contribution in [1.29, 1.82) is 5.26 Å². The summed E-state index contributed by atoms with van der Waals surface area (Å²) < 4.78 is 0. The molecule has 1 aliphatic rings. The summed E-state index contributed by atoms with van der Waals surface area (Å²) in [5, 5.41) is 8.75. The Balaban J connectivity index is 2.30. The topological polar surface area (TPSA) is 100 Å². The van der Waals surface area contributed by atoms with Gasteiger partial charge in [-0.1, -0.05) is 0 Å². The molecule has 0 aromatic carbocycles. The third-order valence-electron chi connectivity index (χ3n) is 2.96. The van der Waals surface area contributed by atoms with Crippen LogP contribution in [0, 0.1) is 24.2 Å². The zero-order valence-electron chi connectivity index (χ0n) is 9.88. The fourth-order valence-electron chi connectivity index (χ4n) is 2.01. The molecule has 2 N–H and O–H groups in total. The zero-order valence-corrected chi connectivity index (χ0v) is 9.88. The maximum Gasteiger partial charge on any atom is 0.229 e. The highest BCUT2D eigenvalue weighted by atomic mass is 16.2. The highest BCUT2D eigenvalue weighted by molar-refractivity contribution is 5.99. The molecule has 1 aromatic heterocycles. The molecule has 2 heterocycles. The number of nitrogens with two attached hydrogens (primary N) is 1. The maximum absolute atomic E-state index is 11.8. The van der Waals surface area contributed by atoms with Gasteiger partial charge < -0.3 is 5.73 Å². The van der Waals surface area contributed by atoms with Crippen molar-refractivity contribution in [3.8, 4) is 6.07 Å². The number of hydrogen-bond donors (Lipinski definition) is 1. The second-order valence-electron chi connectivity index (χ2n) is 4.28. The molecule has 1 aromatic rings. The molecule has 1 fully saturated rings. The average molecular weight is 244 g/mol. The molecule has 1 aliphatic heterocycles. The van der Waals surface area contributed by atoms with E-state index in [2.05, 4.69) is 4.98 Å². The molecule has 0 aliphatic carbocycles. The normalized spacial score (nSPS) is 18.8. The zero-order chi connectivity index (χ0) is 13.3. The Hall–Kier alpha value is -2.42. The number of pyridine rings is 1. The van der Waals surface area contributed by atoms with Crippen molar-refractivity contribution >= 4 is 17.6 Å². The monoisotopic (exact) mass is 244 g/mol. The summed E-state index contributed by atoms with van der Waals surface area (Å²) >= 11 is 0. The molecule has 1 atom stereocenters. The predicted molar refractivity (Wildman–Crippen MR) is 63.3 cm³/mol. The van der Waals surface area contributed by atoms with Crippen molar-refractivity contribution in [2.75, 3.05) is 11.4 Å². The fraction of sp³-hybridized carbons (Fsp3) is 0.333. The first-order valence-corrected chi connectivity index (χ1v) is 5.49. The van der Waals surface area contributed by atoms with Gasteiger partial charge in [0.15, 0.2) is 0 Å². The SMILES string of the molecule is Cc1cc(C#N)cnc1N1CC(C(N)=O)CC1=O. The molecular weight excluding hydrogens is 232 g/mol. The van der Waals surface area contributed by atoms with Gasteiger partial charge in [-0.3, -0.25) is 14.5 Å². The number of aryl methyl sites for hydroxylation is 1. The van der Waals surface area contributed by atoms with E-state index in [1.54, 1.807) is 13.0 Å². The number of aromatic nitrogens is 1. The molecule has 2 amide bonds. The van der Waals surface area contributed by atoms with E-state index in [0.717, 1.165) is 5.56 Å². The Morgan fingerprint density at radius 3 is 2.89 bits per heavy atom. The Labute approximate surface area is 104 Å². The van der Waals surface area contributed by atoms with Gasteiger partial charge in [0.1, 0.15) is 11.9 Å². The van der Waals surface area contributed by atoms with Crippen LogP contribution >= 0.6 is 0 Å². The largest absolute Gasteiger partial charge is 0.369 e. The number of nitrogens with zero attached hydrogens (tertiary/aromatic N) is 3. The summed E-state index contributed by atoms with van der Waals surface area (Å²) in [6.45, 7) is 2.03. The average Bonchev–Trinajstić information content (AvgIpc) is 2.71. The van der Waals surface area contributed by atoms with Gasteiger partial charge in [0.2, 0.25) is 11.8 Å². The van der Waals surface area contributed by atoms with E-state index in [1.807, 2.05) is 6.07 Å². The number of anilines is 1. The molecule has 6 nitrogen and oxygen atoms in total. The van der Waals surface area contributed by atoms with E-state index in [4.69, 9.17) is 11.0 Å². The summed E-state index contributed by atoms with van der Waals surface area (Å²) in [4.78, 5) is 28.5. The number of amides is 2. The standard InChI is InChI=1S/C12H12N4O2/c1-7-2-8(4-13)5-15-12(7)16-6-9(11(14)18)3-10(16)17/h2,5,9H,3,6H2,1H3,(H2,14,18). The van der Waals surface area contributed by atoms with Crippen molar-refractivity contribution < 1.29 is 9.59 Å². The molecule has 0 saturated carbocycles. The van der Waals surface area contributed by atoms with Gasteiger partial charge in [-0.25, -0.2) is 4.98 Å². The second kappa shape index (κ2) is 4.45. The molecule has 18 heavy (non-hydrogen) atoms. The van der Waals surface area contributed by atoms with Crippen LogP contribution in [0.4, 0.5) is 5.82 Å². The minimum atomic E-state index is -0.475. The van der Waals surface area contributed by atoms with Gasteiger partial charge in [0.25, 0.3) is 0 Å². The van der Waals surface area contributed by atoms with Crippen LogP contribution in [0.2, 0.25) is 0 Å². The van der Waals surface area contributed by atoms with E-state index in [0.29, 0.717) is 11.4 Å². The lowest BCUT2D eigenvalue weighted by Gasteiger charge is -2.17. The highest BCUT2D eigenvalue weighted by Crippen LogP contribution is 2.26. The third-order valence-corrected chi connectivity index (χ3v) is 2.96. The fourth-order valence-corrected chi connectivity index (χ4v) is 2.01. The Morgan fingerprint density at radius 2 is 2.39 bits per heavy atom. The lowest BCUT2D eigenvalue weighted by Crippen LogP contribution is -2.29. The molecule has 0 spiro atoms. The summed E-state index contributed by atoms with van der Waals surface area (Å²) in [6, 6.07) is 3.64. The van der Waals surface area contributed by atoms with Crippen molar-refractivity contribution in [3.63, 3.8) is 0 Å². The number of hydrogen-bond acceptors (Lipinski definition) is 4. The van der Waals surface area contributed by atoms with Crippen molar-refractivity contribution in [2.24, 2.45) is 11.7 Å². The predicted octanol–water partition coefficient (Wildman–Crippen LogP) is 0.0999. The van der Waals surface area contributed by atoms with E-state index in [-0.39, 0.29) is 18.9 Å². The van der Waals surface area contributed by atoms with E-state index < -0.39 is 11.8 Å². The second-order valence-corrected chi connectivity index (χ2v) is 4.28. The van der Waals surface area contributed by atoms with Gasteiger partial charge in [-0.15, -0.1) is 0 Å². The van der Waals surface area contributed by atoms with Crippen LogP contribution in [0.1, 0.15) is 17.5 Å². The molecule has 0 radical (unpaired) electrons. The van der Waals surface area contributed by atoms with Crippen molar-refractivity contribution in [2.45, 2.75) is 13.3 Å². The van der Waals surface area contributed by atoms with Gasteiger partial charge in [-0.05, 0) is 18.6 Å². The molecule has 1 saturated heterocycles. The van der Waals surface area contributed by atoms with Crippen molar-refractivity contribution in [1.82, 2.24) is 4.98 Å². The molecule has 1 unspecified atom stereocenters. The highest BCUT2D eigenvalue weighted by Gasteiger charge is 2.35. The van der Waals surface area contributed by atoms with Crippen LogP contribution < -0.4 is 10.6 Å². The van der Waals surface area contributed by atoms with Crippen LogP contribution in [0.15, 0.2) is 12.3 Å². The van der Waals surface area contributed by atoms with Gasteiger partial charge in [-0.2, -0.15) is 5.26 Å². The van der Waals surface area contributed by atoms with Gasteiger partial charge in [0, 0.05) is 19.2 Å². The first kappa shape index (κ1) is 12.0. The minimum absolute atomic E-state index is 0.121. The van der Waals surface area contributed by atoms with Gasteiger partial charge >= 0.3 is 0 Å². The third kappa shape index (κ3) is 2.02. The first-order chi connectivity index (χ1) is 8.52. The smallest absolute Gasteiger partial charge is 0.229 e. The van der Waals surface area contributed by atoms with Crippen LogP contribution in [-0.2, 0) is 9.59 Å². The van der Waals surface area contributed by atoms with Crippen LogP contribution in [0.25, 0.3) is 0 Å². The maximum atomic E-state index is 11.8. The quantitative estimate of drug-likeness (QED) is 0.797. The van der Waals surface area contributed by atoms with Crippen LogP contribution in [-0.4, -0.2) is 23.3 Å².